The first-order chi connectivity index (χ1) is 14.6. The molecule has 0 bridgehead atoms. The lowest BCUT2D eigenvalue weighted by Crippen LogP contribution is -2.08. The van der Waals surface area contributed by atoms with Crippen LogP contribution in [0.2, 0.25) is 0 Å². The summed E-state index contributed by atoms with van der Waals surface area (Å²) in [6.45, 7) is 7.42. The second-order valence-corrected chi connectivity index (χ2v) is 6.78. The molecule has 0 unspecified atom stereocenters. The Morgan fingerprint density at radius 1 is 0.839 bits per heavy atom. The van der Waals surface area contributed by atoms with E-state index in [-0.39, 0.29) is 23.3 Å². The standard InChI is InChI=1S/C12H13NO3.C11H11NO3/c1-8(2)16-11-5-4-9(12(14)15-3)6-10(11)7-13;1-7(2)15-10-4-3-8(11(13)14)5-9(10)6-12/h4-6,8H,1-3H3;3-5,7H,1-2H3,(H,13,14). The van der Waals surface area contributed by atoms with Crippen LogP contribution in [0.5, 0.6) is 11.5 Å². The van der Waals surface area contributed by atoms with Gasteiger partial charge in [-0.1, -0.05) is 0 Å². The Hall–Kier alpha value is -4.04. The molecule has 8 heteroatoms. The highest BCUT2D eigenvalue weighted by molar-refractivity contribution is 5.90. The van der Waals surface area contributed by atoms with Gasteiger partial charge in [-0.3, -0.25) is 0 Å². The zero-order valence-corrected chi connectivity index (χ0v) is 18.0. The van der Waals surface area contributed by atoms with Gasteiger partial charge < -0.3 is 19.3 Å². The average molecular weight is 424 g/mol. The van der Waals surface area contributed by atoms with Crippen molar-refractivity contribution in [3.63, 3.8) is 0 Å². The molecule has 31 heavy (non-hydrogen) atoms. The molecule has 0 saturated carbocycles. The zero-order chi connectivity index (χ0) is 23.6. The van der Waals surface area contributed by atoms with Crippen molar-refractivity contribution in [2.75, 3.05) is 7.11 Å². The van der Waals surface area contributed by atoms with Crippen LogP contribution in [0.3, 0.4) is 0 Å². The van der Waals surface area contributed by atoms with E-state index in [1.165, 1.54) is 31.4 Å². The number of aromatic carboxylic acids is 1. The maximum absolute atomic E-state index is 11.2. The van der Waals surface area contributed by atoms with Gasteiger partial charge in [0.1, 0.15) is 23.6 Å². The van der Waals surface area contributed by atoms with Gasteiger partial charge in [0, 0.05) is 0 Å². The minimum atomic E-state index is -1.05. The molecule has 2 aromatic rings. The van der Waals surface area contributed by atoms with Gasteiger partial charge in [0.25, 0.3) is 0 Å². The third-order valence-corrected chi connectivity index (χ3v) is 3.59. The van der Waals surface area contributed by atoms with Crippen LogP contribution in [0.25, 0.3) is 0 Å². The molecule has 162 valence electrons. The minimum absolute atomic E-state index is 0.0175. The summed E-state index contributed by atoms with van der Waals surface area (Å²) in [6.07, 6.45) is -0.0659. The summed E-state index contributed by atoms with van der Waals surface area (Å²) in [7, 11) is 1.30. The fraction of sp³-hybridized carbons (Fsp3) is 0.304. The molecule has 2 rings (SSSR count). The monoisotopic (exact) mass is 424 g/mol. The van der Waals surface area contributed by atoms with Gasteiger partial charge in [0.05, 0.1) is 41.6 Å². The number of ether oxygens (including phenoxy) is 3. The Kier molecular flexibility index (Phi) is 9.55. The largest absolute Gasteiger partial charge is 0.490 e. The molecule has 0 saturated heterocycles. The number of carboxylic acids is 1. The van der Waals surface area contributed by atoms with Gasteiger partial charge in [-0.15, -0.1) is 0 Å². The molecule has 0 aromatic heterocycles. The summed E-state index contributed by atoms with van der Waals surface area (Å²) in [5.74, 6) is -0.627. The molecule has 0 amide bonds. The maximum atomic E-state index is 11.2. The normalized spacial score (nSPS) is 9.71. The summed E-state index contributed by atoms with van der Waals surface area (Å²) < 4.78 is 15.4. The second-order valence-electron chi connectivity index (χ2n) is 6.78. The topological polar surface area (TPSA) is 130 Å². The molecule has 8 nitrogen and oxygen atoms in total. The SMILES string of the molecule is CC(C)Oc1ccc(C(=O)O)cc1C#N.COC(=O)c1ccc(OC(C)C)c(C#N)c1. The molecule has 1 N–H and O–H groups in total. The van der Waals surface area contributed by atoms with Gasteiger partial charge >= 0.3 is 11.9 Å². The Morgan fingerprint density at radius 2 is 1.26 bits per heavy atom. The first kappa shape index (κ1) is 25.0. The van der Waals surface area contributed by atoms with E-state index < -0.39 is 11.9 Å². The smallest absolute Gasteiger partial charge is 0.337 e. The Morgan fingerprint density at radius 3 is 1.61 bits per heavy atom. The Balaban J connectivity index is 0.000000311. The third kappa shape index (κ3) is 7.71. The number of nitriles is 2. The maximum Gasteiger partial charge on any atom is 0.337 e. The lowest BCUT2D eigenvalue weighted by Gasteiger charge is -2.11. The number of esters is 1. The van der Waals surface area contributed by atoms with Crippen LogP contribution >= 0.6 is 0 Å². The number of carbonyl (C=O) groups excluding carboxylic acids is 1. The molecule has 0 atom stereocenters. The summed E-state index contributed by atoms with van der Waals surface area (Å²) in [6, 6.07) is 12.8. The van der Waals surface area contributed by atoms with E-state index in [0.29, 0.717) is 22.6 Å². The van der Waals surface area contributed by atoms with Crippen molar-refractivity contribution in [3.05, 3.63) is 58.7 Å². The van der Waals surface area contributed by atoms with Crippen LogP contribution in [0.4, 0.5) is 0 Å². The highest BCUT2D eigenvalue weighted by Gasteiger charge is 2.11. The third-order valence-electron chi connectivity index (χ3n) is 3.59. The number of rotatable bonds is 6. The van der Waals surface area contributed by atoms with Crippen molar-refractivity contribution in [2.45, 2.75) is 39.9 Å². The molecule has 0 radical (unpaired) electrons. The van der Waals surface area contributed by atoms with E-state index in [1.54, 1.807) is 12.1 Å². The molecule has 0 spiro atoms. The average Bonchev–Trinajstić information content (AvgIpc) is 2.73. The minimum Gasteiger partial charge on any atom is -0.490 e. The number of hydrogen-bond donors (Lipinski definition) is 1. The van der Waals surface area contributed by atoms with Crippen LogP contribution in [0.15, 0.2) is 36.4 Å². The molecule has 0 aliphatic rings. The van der Waals surface area contributed by atoms with Crippen LogP contribution < -0.4 is 9.47 Å². The molecule has 2 aromatic carbocycles. The first-order valence-corrected chi connectivity index (χ1v) is 9.36. The second kappa shape index (κ2) is 11.8. The van der Waals surface area contributed by atoms with E-state index in [9.17, 15) is 9.59 Å². The van der Waals surface area contributed by atoms with Crippen molar-refractivity contribution in [3.8, 4) is 23.6 Å². The highest BCUT2D eigenvalue weighted by Crippen LogP contribution is 2.21. The Bertz CT molecular complexity index is 1020. The number of nitrogens with zero attached hydrogens (tertiary/aromatic N) is 2. The Labute approximate surface area is 181 Å². The number of carbonyl (C=O) groups is 2. The molecular weight excluding hydrogens is 400 g/mol. The summed E-state index contributed by atoms with van der Waals surface area (Å²) in [4.78, 5) is 21.9. The van der Waals surface area contributed by atoms with Crippen molar-refractivity contribution in [1.82, 2.24) is 0 Å². The van der Waals surface area contributed by atoms with E-state index in [0.717, 1.165) is 0 Å². The molecule has 0 aliphatic carbocycles. The number of methoxy groups -OCH3 is 1. The quantitative estimate of drug-likeness (QED) is 0.684. The van der Waals surface area contributed by atoms with Crippen molar-refractivity contribution in [2.24, 2.45) is 0 Å². The molecule has 0 fully saturated rings. The lowest BCUT2D eigenvalue weighted by molar-refractivity contribution is 0.0599. The molecule has 0 heterocycles. The van der Waals surface area contributed by atoms with E-state index in [2.05, 4.69) is 4.74 Å². The highest BCUT2D eigenvalue weighted by atomic mass is 16.5. The predicted octanol–water partition coefficient (Wildman–Crippen LogP) is 4.18. The number of carboxylic acid groups (broad SMARTS) is 1. The number of benzene rings is 2. The van der Waals surface area contributed by atoms with Gasteiger partial charge in [-0.05, 0) is 64.1 Å². The van der Waals surface area contributed by atoms with Gasteiger partial charge in [-0.2, -0.15) is 10.5 Å². The van der Waals surface area contributed by atoms with Gasteiger partial charge in [0.15, 0.2) is 0 Å². The van der Waals surface area contributed by atoms with Crippen LogP contribution in [0.1, 0.15) is 59.5 Å². The fourth-order valence-corrected chi connectivity index (χ4v) is 2.33. The first-order valence-electron chi connectivity index (χ1n) is 9.36. The van der Waals surface area contributed by atoms with Crippen LogP contribution in [0, 0.1) is 22.7 Å². The van der Waals surface area contributed by atoms with Crippen molar-refractivity contribution < 1.29 is 28.9 Å². The number of hydrogen-bond acceptors (Lipinski definition) is 7. The van der Waals surface area contributed by atoms with Crippen LogP contribution in [-0.2, 0) is 4.74 Å². The summed E-state index contributed by atoms with van der Waals surface area (Å²) >= 11 is 0. The van der Waals surface area contributed by atoms with Crippen molar-refractivity contribution >= 4 is 11.9 Å². The zero-order valence-electron chi connectivity index (χ0n) is 18.0. The van der Waals surface area contributed by atoms with E-state index in [4.69, 9.17) is 25.1 Å². The molecular formula is C23H24N2O6. The van der Waals surface area contributed by atoms with E-state index in [1.807, 2.05) is 39.8 Å². The summed E-state index contributed by atoms with van der Waals surface area (Å²) in [5, 5.41) is 26.5. The van der Waals surface area contributed by atoms with Crippen molar-refractivity contribution in [1.29, 1.82) is 10.5 Å². The van der Waals surface area contributed by atoms with Gasteiger partial charge in [0.2, 0.25) is 0 Å². The molecule has 0 aliphatic heterocycles. The lowest BCUT2D eigenvalue weighted by atomic mass is 10.1. The van der Waals surface area contributed by atoms with Gasteiger partial charge in [-0.25, -0.2) is 9.59 Å². The summed E-state index contributed by atoms with van der Waals surface area (Å²) in [5.41, 5.74) is 0.998. The van der Waals surface area contributed by atoms with Crippen LogP contribution in [-0.4, -0.2) is 36.4 Å². The fourth-order valence-electron chi connectivity index (χ4n) is 2.33. The predicted molar refractivity (Wildman–Crippen MR) is 112 cm³/mol. The van der Waals surface area contributed by atoms with E-state index >= 15 is 0 Å².